The van der Waals surface area contributed by atoms with Gasteiger partial charge < -0.3 is 9.47 Å². The van der Waals surface area contributed by atoms with E-state index in [0.717, 1.165) is 4.90 Å². The molecule has 0 fully saturated rings. The highest BCUT2D eigenvalue weighted by atomic mass is 35.5. The number of ether oxygens (including phenoxy) is 2. The molecule has 0 amide bonds. The number of rotatable bonds is 7. The zero-order valence-electron chi connectivity index (χ0n) is 10.0. The monoisotopic (exact) mass is 276 g/mol. The fourth-order valence-corrected chi connectivity index (χ4v) is 2.52. The maximum Gasteiger partial charge on any atom is 0.169 e. The topological polar surface area (TPSA) is 35.5 Å². The Hall–Kier alpha value is -0.420. The van der Waals surface area contributed by atoms with Crippen molar-refractivity contribution in [2.75, 3.05) is 19.0 Å². The van der Waals surface area contributed by atoms with Crippen LogP contribution < -0.4 is 0 Å². The molecule has 5 heteroatoms. The fourth-order valence-electron chi connectivity index (χ4n) is 1.32. The van der Waals surface area contributed by atoms with Crippen molar-refractivity contribution in [1.29, 1.82) is 0 Å². The molecule has 0 N–H and O–H groups in total. The molecular weight excluding hydrogens is 260 g/mol. The minimum absolute atomic E-state index is 0.337. The molecule has 1 unspecified atom stereocenters. The first-order valence-electron chi connectivity index (χ1n) is 5.54. The van der Waals surface area contributed by atoms with Gasteiger partial charge in [-0.15, -0.1) is 0 Å². The normalized spacial score (nSPS) is 12.9. The molecule has 1 rings (SSSR count). The fraction of sp³-hybridized carbons (Fsp3) is 0.500. The summed E-state index contributed by atoms with van der Waals surface area (Å²) in [5, 5.41) is 0.636. The van der Waals surface area contributed by atoms with Crippen LogP contribution in [0.15, 0.2) is 29.2 Å². The molecular formula is C12H17ClO3S. The van der Waals surface area contributed by atoms with Crippen LogP contribution in [0.4, 0.5) is 0 Å². The van der Waals surface area contributed by atoms with Gasteiger partial charge in [-0.2, -0.15) is 0 Å². The van der Waals surface area contributed by atoms with Crippen LogP contribution >= 0.6 is 11.6 Å². The highest BCUT2D eigenvalue weighted by molar-refractivity contribution is 7.85. The van der Waals surface area contributed by atoms with Crippen molar-refractivity contribution in [3.8, 4) is 0 Å². The third-order valence-corrected chi connectivity index (χ3v) is 3.69. The molecule has 17 heavy (non-hydrogen) atoms. The largest absolute Gasteiger partial charge is 0.352 e. The number of benzene rings is 1. The molecule has 1 aromatic carbocycles. The number of hydrogen-bond donors (Lipinski definition) is 0. The second-order valence-corrected chi connectivity index (χ2v) is 5.24. The molecule has 0 aliphatic carbocycles. The Labute approximate surface area is 110 Å². The predicted octanol–water partition coefficient (Wildman–Crippen LogP) is 2.85. The van der Waals surface area contributed by atoms with Gasteiger partial charge in [-0.25, -0.2) is 0 Å². The zero-order valence-corrected chi connectivity index (χ0v) is 11.6. The van der Waals surface area contributed by atoms with E-state index >= 15 is 0 Å². The summed E-state index contributed by atoms with van der Waals surface area (Å²) in [4.78, 5) is 0.735. The lowest BCUT2D eigenvalue weighted by Gasteiger charge is -2.16. The zero-order chi connectivity index (χ0) is 12.7. The molecule has 0 bridgehead atoms. The average molecular weight is 277 g/mol. The van der Waals surface area contributed by atoms with Crippen LogP contribution in [0, 0.1) is 0 Å². The van der Waals surface area contributed by atoms with Gasteiger partial charge in [0.05, 0.1) is 16.6 Å². The summed E-state index contributed by atoms with van der Waals surface area (Å²) in [7, 11) is -1.13. The van der Waals surface area contributed by atoms with Crippen molar-refractivity contribution >= 4 is 22.4 Å². The van der Waals surface area contributed by atoms with Gasteiger partial charge in [-0.1, -0.05) is 11.6 Å². The highest BCUT2D eigenvalue weighted by Gasteiger charge is 2.14. The maximum atomic E-state index is 12.0. The molecule has 0 spiro atoms. The Morgan fingerprint density at radius 1 is 1.18 bits per heavy atom. The Balaban J connectivity index is 2.60. The molecule has 0 saturated heterocycles. The Bertz CT molecular complexity index is 347. The summed E-state index contributed by atoms with van der Waals surface area (Å²) in [5.74, 6) is 0.337. The van der Waals surface area contributed by atoms with E-state index in [0.29, 0.717) is 24.0 Å². The summed E-state index contributed by atoms with van der Waals surface area (Å²) in [6.45, 7) is 4.86. The van der Waals surface area contributed by atoms with Crippen molar-refractivity contribution in [2.45, 2.75) is 25.0 Å². The van der Waals surface area contributed by atoms with Gasteiger partial charge in [0, 0.05) is 23.1 Å². The van der Waals surface area contributed by atoms with Crippen molar-refractivity contribution in [2.24, 2.45) is 0 Å². The van der Waals surface area contributed by atoms with Crippen molar-refractivity contribution in [1.82, 2.24) is 0 Å². The van der Waals surface area contributed by atoms with E-state index in [1.807, 2.05) is 13.8 Å². The van der Waals surface area contributed by atoms with E-state index < -0.39 is 17.1 Å². The van der Waals surface area contributed by atoms with Crippen molar-refractivity contribution in [3.63, 3.8) is 0 Å². The van der Waals surface area contributed by atoms with E-state index in [2.05, 4.69) is 0 Å². The lowest BCUT2D eigenvalue weighted by molar-refractivity contribution is -0.120. The van der Waals surface area contributed by atoms with Gasteiger partial charge in [-0.3, -0.25) is 4.21 Å². The molecule has 1 aromatic rings. The Kier molecular flexibility index (Phi) is 6.73. The summed E-state index contributed by atoms with van der Waals surface area (Å²) in [6, 6.07) is 6.97. The minimum atomic E-state index is -1.13. The van der Waals surface area contributed by atoms with Crippen LogP contribution in [0.1, 0.15) is 13.8 Å². The quantitative estimate of drug-likeness (QED) is 0.719. The molecule has 0 aliphatic rings. The molecule has 0 aliphatic heterocycles. The van der Waals surface area contributed by atoms with Gasteiger partial charge in [0.15, 0.2) is 6.29 Å². The van der Waals surface area contributed by atoms with Gasteiger partial charge in [0.2, 0.25) is 0 Å². The second-order valence-electron chi connectivity index (χ2n) is 3.31. The molecule has 96 valence electrons. The standard InChI is InChI=1S/C12H17ClO3S/c1-3-15-12(16-4-2)9-17(14)11-7-5-10(13)6-8-11/h5-8,12H,3-4,9H2,1-2H3. The Morgan fingerprint density at radius 2 is 1.71 bits per heavy atom. The first-order chi connectivity index (χ1) is 8.17. The van der Waals surface area contributed by atoms with E-state index in [1.54, 1.807) is 24.3 Å². The number of halogens is 1. The minimum Gasteiger partial charge on any atom is -0.352 e. The summed E-state index contributed by atoms with van der Waals surface area (Å²) in [6.07, 6.45) is -0.415. The van der Waals surface area contributed by atoms with Crippen LogP contribution in [0.2, 0.25) is 5.02 Å². The first kappa shape index (κ1) is 14.6. The summed E-state index contributed by atoms with van der Waals surface area (Å²) in [5.41, 5.74) is 0. The SMILES string of the molecule is CCOC(CS(=O)c1ccc(Cl)cc1)OCC. The number of hydrogen-bond acceptors (Lipinski definition) is 3. The van der Waals surface area contributed by atoms with Crippen molar-refractivity contribution < 1.29 is 13.7 Å². The Morgan fingerprint density at radius 3 is 2.18 bits per heavy atom. The smallest absolute Gasteiger partial charge is 0.169 e. The molecule has 3 nitrogen and oxygen atoms in total. The molecule has 0 aromatic heterocycles. The van der Waals surface area contributed by atoms with E-state index in [4.69, 9.17) is 21.1 Å². The summed E-state index contributed by atoms with van der Waals surface area (Å²) >= 11 is 5.77. The van der Waals surface area contributed by atoms with Gasteiger partial charge in [-0.05, 0) is 38.1 Å². The van der Waals surface area contributed by atoms with Crippen LogP contribution in [0.25, 0.3) is 0 Å². The predicted molar refractivity (Wildman–Crippen MR) is 69.8 cm³/mol. The third kappa shape index (κ3) is 5.17. The first-order valence-corrected chi connectivity index (χ1v) is 7.24. The lowest BCUT2D eigenvalue weighted by Crippen LogP contribution is -2.24. The van der Waals surface area contributed by atoms with E-state index in [9.17, 15) is 4.21 Å². The molecule has 0 saturated carbocycles. The molecule has 0 radical (unpaired) electrons. The van der Waals surface area contributed by atoms with Gasteiger partial charge in [0.1, 0.15) is 0 Å². The second kappa shape index (κ2) is 7.82. The lowest BCUT2D eigenvalue weighted by atomic mass is 10.4. The molecule has 1 atom stereocenters. The van der Waals surface area contributed by atoms with Gasteiger partial charge >= 0.3 is 0 Å². The van der Waals surface area contributed by atoms with Gasteiger partial charge in [0.25, 0.3) is 0 Å². The molecule has 0 heterocycles. The van der Waals surface area contributed by atoms with E-state index in [1.165, 1.54) is 0 Å². The van der Waals surface area contributed by atoms with Crippen LogP contribution in [-0.2, 0) is 20.3 Å². The third-order valence-electron chi connectivity index (χ3n) is 2.07. The van der Waals surface area contributed by atoms with Crippen molar-refractivity contribution in [3.05, 3.63) is 29.3 Å². The van der Waals surface area contributed by atoms with Crippen LogP contribution in [0.5, 0.6) is 0 Å². The summed E-state index contributed by atoms with van der Waals surface area (Å²) < 4.78 is 22.7. The van der Waals surface area contributed by atoms with Crippen LogP contribution in [0.3, 0.4) is 0 Å². The average Bonchev–Trinajstić information content (AvgIpc) is 2.30. The maximum absolute atomic E-state index is 12.0. The highest BCUT2D eigenvalue weighted by Crippen LogP contribution is 2.14. The van der Waals surface area contributed by atoms with E-state index in [-0.39, 0.29) is 0 Å². The van der Waals surface area contributed by atoms with Crippen LogP contribution in [-0.4, -0.2) is 29.5 Å².